The molecule has 24 heavy (non-hydrogen) atoms. The van der Waals surface area contributed by atoms with E-state index in [-0.39, 0.29) is 18.6 Å². The number of ketones is 1. The van der Waals surface area contributed by atoms with E-state index < -0.39 is 11.6 Å². The van der Waals surface area contributed by atoms with Gasteiger partial charge in [-0.3, -0.25) is 4.79 Å². The van der Waals surface area contributed by atoms with Gasteiger partial charge in [-0.15, -0.1) is 0 Å². The number of carbonyl (C=O) groups is 1. The van der Waals surface area contributed by atoms with Crippen LogP contribution in [0.4, 0.5) is 8.78 Å². The predicted octanol–water partition coefficient (Wildman–Crippen LogP) is 3.89. The minimum Gasteiger partial charge on any atom is -0.497 e. The van der Waals surface area contributed by atoms with Crippen LogP contribution in [0.2, 0.25) is 0 Å². The molecule has 0 aliphatic rings. The summed E-state index contributed by atoms with van der Waals surface area (Å²) < 4.78 is 36.7. The van der Waals surface area contributed by atoms with Gasteiger partial charge in [-0.05, 0) is 30.2 Å². The maximum atomic E-state index is 13.5. The summed E-state index contributed by atoms with van der Waals surface area (Å²) in [5.74, 6) is -0.168. The summed E-state index contributed by atoms with van der Waals surface area (Å²) in [6.45, 7) is 0. The molecule has 0 saturated heterocycles. The van der Waals surface area contributed by atoms with Crippen molar-refractivity contribution < 1.29 is 23.0 Å². The first-order chi connectivity index (χ1) is 11.5. The van der Waals surface area contributed by atoms with Gasteiger partial charge >= 0.3 is 0 Å². The Morgan fingerprint density at radius 2 is 1.79 bits per heavy atom. The summed E-state index contributed by atoms with van der Waals surface area (Å²) >= 11 is 0. The molecule has 0 fully saturated rings. The lowest BCUT2D eigenvalue weighted by molar-refractivity contribution is -0.114. The van der Waals surface area contributed by atoms with Gasteiger partial charge in [0.05, 0.1) is 14.2 Å². The van der Waals surface area contributed by atoms with E-state index in [0.29, 0.717) is 17.1 Å². The van der Waals surface area contributed by atoms with Crippen LogP contribution < -0.4 is 9.47 Å². The van der Waals surface area contributed by atoms with E-state index in [4.69, 9.17) is 9.47 Å². The number of hydrogen-bond donors (Lipinski definition) is 0. The number of ether oxygens (including phenoxy) is 2. The van der Waals surface area contributed by atoms with Crippen molar-refractivity contribution in [2.75, 3.05) is 14.2 Å². The van der Waals surface area contributed by atoms with Crippen LogP contribution in [-0.4, -0.2) is 20.0 Å². The van der Waals surface area contributed by atoms with Gasteiger partial charge < -0.3 is 9.47 Å². The second kappa shape index (κ2) is 8.24. The molecule has 0 spiro atoms. The Labute approximate surface area is 139 Å². The van der Waals surface area contributed by atoms with Crippen molar-refractivity contribution in [1.29, 1.82) is 0 Å². The number of hydrogen-bond acceptors (Lipinski definition) is 3. The quantitative estimate of drug-likeness (QED) is 0.722. The minimum atomic E-state index is -0.622. The topological polar surface area (TPSA) is 35.5 Å². The number of allylic oxidation sites excluding steroid dienone is 2. The van der Waals surface area contributed by atoms with Gasteiger partial charge in [0.25, 0.3) is 0 Å². The second-order valence-electron chi connectivity index (χ2n) is 5.16. The van der Waals surface area contributed by atoms with Crippen LogP contribution in [0.3, 0.4) is 0 Å². The molecule has 0 aromatic heterocycles. The zero-order valence-corrected chi connectivity index (χ0v) is 13.5. The number of methoxy groups -OCH3 is 2. The van der Waals surface area contributed by atoms with Gasteiger partial charge in [0.2, 0.25) is 0 Å². The molecule has 2 rings (SSSR count). The maximum absolute atomic E-state index is 13.5. The molecule has 0 atom stereocenters. The van der Waals surface area contributed by atoms with Crippen LogP contribution in [-0.2, 0) is 17.6 Å². The largest absolute Gasteiger partial charge is 0.497 e. The van der Waals surface area contributed by atoms with Crippen LogP contribution in [0.15, 0.2) is 48.6 Å². The van der Waals surface area contributed by atoms with Crippen molar-refractivity contribution >= 4 is 5.78 Å². The van der Waals surface area contributed by atoms with Crippen LogP contribution in [0.1, 0.15) is 11.1 Å². The van der Waals surface area contributed by atoms with Gasteiger partial charge in [-0.25, -0.2) is 8.78 Å². The lowest BCUT2D eigenvalue weighted by atomic mass is 10.1. The van der Waals surface area contributed by atoms with Crippen LogP contribution in [0.25, 0.3) is 0 Å². The van der Waals surface area contributed by atoms with E-state index in [0.717, 1.165) is 11.6 Å². The van der Waals surface area contributed by atoms with Gasteiger partial charge in [0, 0.05) is 24.1 Å². The Morgan fingerprint density at radius 3 is 2.46 bits per heavy atom. The molecule has 0 aliphatic heterocycles. The van der Waals surface area contributed by atoms with Crippen molar-refractivity contribution in [2.24, 2.45) is 0 Å². The number of halogens is 2. The molecule has 0 N–H and O–H groups in total. The Bertz CT molecular complexity index is 754. The van der Waals surface area contributed by atoms with Crippen molar-refractivity contribution in [3.8, 4) is 11.5 Å². The molecule has 0 amide bonds. The summed E-state index contributed by atoms with van der Waals surface area (Å²) in [7, 11) is 3.08. The Kier molecular flexibility index (Phi) is 6.07. The molecule has 126 valence electrons. The third kappa shape index (κ3) is 4.65. The summed E-state index contributed by atoms with van der Waals surface area (Å²) in [6.07, 6.45) is 3.34. The first kappa shape index (κ1) is 17.7. The van der Waals surface area contributed by atoms with Gasteiger partial charge in [0.15, 0.2) is 5.78 Å². The molecule has 0 radical (unpaired) electrons. The van der Waals surface area contributed by atoms with Gasteiger partial charge in [-0.1, -0.05) is 18.2 Å². The zero-order chi connectivity index (χ0) is 17.5. The molecular weight excluding hydrogens is 314 g/mol. The minimum absolute atomic E-state index is 0.138. The summed E-state index contributed by atoms with van der Waals surface area (Å²) in [4.78, 5) is 12.0. The fourth-order valence-corrected chi connectivity index (χ4v) is 2.25. The van der Waals surface area contributed by atoms with E-state index >= 15 is 0 Å². The van der Waals surface area contributed by atoms with E-state index in [1.807, 2.05) is 0 Å². The molecule has 0 saturated carbocycles. The molecule has 0 aliphatic carbocycles. The third-order valence-electron chi connectivity index (χ3n) is 3.52. The molecule has 5 heteroatoms. The number of rotatable bonds is 7. The molecule has 2 aromatic carbocycles. The predicted molar refractivity (Wildman–Crippen MR) is 87.5 cm³/mol. The first-order valence-corrected chi connectivity index (χ1v) is 7.37. The Hall–Kier alpha value is -2.69. The lowest BCUT2D eigenvalue weighted by Gasteiger charge is -2.09. The summed E-state index contributed by atoms with van der Waals surface area (Å²) in [6, 6.07) is 8.61. The standard InChI is InChI=1S/C19H18F2O3/c1-23-17-9-7-14(19(12-17)24-2)10-16(22)5-3-4-13-6-8-15(20)11-18(13)21/h3,5-9,11-12H,4,10H2,1-2H3/b5-3+. The van der Waals surface area contributed by atoms with E-state index in [2.05, 4.69) is 0 Å². The SMILES string of the molecule is COc1ccc(CC(=O)/C=C/Cc2ccc(F)cc2F)c(OC)c1. The van der Waals surface area contributed by atoms with Crippen molar-refractivity contribution in [3.05, 3.63) is 71.3 Å². The van der Waals surface area contributed by atoms with E-state index in [1.54, 1.807) is 31.4 Å². The fraction of sp³-hybridized carbons (Fsp3) is 0.211. The van der Waals surface area contributed by atoms with Crippen LogP contribution in [0.5, 0.6) is 11.5 Å². The number of carbonyl (C=O) groups excluding carboxylic acids is 1. The Balaban J connectivity index is 2.00. The highest BCUT2D eigenvalue weighted by molar-refractivity contribution is 5.91. The highest BCUT2D eigenvalue weighted by Crippen LogP contribution is 2.25. The molecular formula is C19H18F2O3. The van der Waals surface area contributed by atoms with Crippen LogP contribution >= 0.6 is 0 Å². The van der Waals surface area contributed by atoms with Gasteiger partial charge in [-0.2, -0.15) is 0 Å². The molecule has 2 aromatic rings. The average Bonchev–Trinajstić information content (AvgIpc) is 2.57. The maximum Gasteiger partial charge on any atom is 0.159 e. The highest BCUT2D eigenvalue weighted by atomic mass is 19.1. The second-order valence-corrected chi connectivity index (χ2v) is 5.16. The van der Waals surface area contributed by atoms with E-state index in [9.17, 15) is 13.6 Å². The van der Waals surface area contributed by atoms with E-state index in [1.165, 1.54) is 25.3 Å². The zero-order valence-electron chi connectivity index (χ0n) is 13.5. The molecule has 0 bridgehead atoms. The van der Waals surface area contributed by atoms with Crippen molar-refractivity contribution in [1.82, 2.24) is 0 Å². The monoisotopic (exact) mass is 332 g/mol. The lowest BCUT2D eigenvalue weighted by Crippen LogP contribution is -2.02. The number of benzene rings is 2. The molecule has 3 nitrogen and oxygen atoms in total. The third-order valence-corrected chi connectivity index (χ3v) is 3.52. The first-order valence-electron chi connectivity index (χ1n) is 7.37. The van der Waals surface area contributed by atoms with Crippen molar-refractivity contribution in [3.63, 3.8) is 0 Å². The Morgan fingerprint density at radius 1 is 1.04 bits per heavy atom. The summed E-state index contributed by atoms with van der Waals surface area (Å²) in [5, 5.41) is 0. The molecule has 0 heterocycles. The summed E-state index contributed by atoms with van der Waals surface area (Å²) in [5.41, 5.74) is 1.07. The van der Waals surface area contributed by atoms with Crippen LogP contribution in [0, 0.1) is 11.6 Å². The van der Waals surface area contributed by atoms with Crippen molar-refractivity contribution in [2.45, 2.75) is 12.8 Å². The fourth-order valence-electron chi connectivity index (χ4n) is 2.25. The average molecular weight is 332 g/mol. The highest BCUT2D eigenvalue weighted by Gasteiger charge is 2.08. The smallest absolute Gasteiger partial charge is 0.159 e. The van der Waals surface area contributed by atoms with Gasteiger partial charge in [0.1, 0.15) is 23.1 Å². The molecule has 0 unspecified atom stereocenters. The normalized spacial score (nSPS) is 10.8.